The maximum Gasteiger partial charge on any atom is 0.315 e. The van der Waals surface area contributed by atoms with Crippen LogP contribution >= 0.6 is 11.6 Å². The molecule has 31 heavy (non-hydrogen) atoms. The van der Waals surface area contributed by atoms with Gasteiger partial charge >= 0.3 is 5.97 Å². The number of methoxy groups -OCH3 is 2. The van der Waals surface area contributed by atoms with E-state index in [0.717, 1.165) is 16.7 Å². The summed E-state index contributed by atoms with van der Waals surface area (Å²) < 4.78 is 16.0. The minimum Gasteiger partial charge on any atom is -0.493 e. The Morgan fingerprint density at radius 1 is 1.00 bits per heavy atom. The quantitative estimate of drug-likeness (QED) is 0.211. The number of esters is 1. The Hall–Kier alpha value is -3.75. The zero-order valence-corrected chi connectivity index (χ0v) is 17.8. The second-order valence-corrected chi connectivity index (χ2v) is 7.03. The molecule has 0 aliphatic rings. The summed E-state index contributed by atoms with van der Waals surface area (Å²) in [4.78, 5) is 12.4. The molecule has 0 amide bonds. The van der Waals surface area contributed by atoms with E-state index in [-0.39, 0.29) is 6.42 Å². The molecule has 0 aromatic heterocycles. The van der Waals surface area contributed by atoms with E-state index in [1.807, 2.05) is 6.07 Å². The summed E-state index contributed by atoms with van der Waals surface area (Å²) in [6.45, 7) is 0. The fraction of sp³-hybridized carbons (Fsp3) is 0.120. The highest BCUT2D eigenvalue weighted by atomic mass is 35.5. The first kappa shape index (κ1) is 21.9. The van der Waals surface area contributed by atoms with Crippen LogP contribution in [-0.4, -0.2) is 20.2 Å². The van der Waals surface area contributed by atoms with Gasteiger partial charge in [0.15, 0.2) is 11.5 Å². The Bertz CT molecular complexity index is 1150. The van der Waals surface area contributed by atoms with E-state index in [9.17, 15) is 10.1 Å². The molecule has 0 fully saturated rings. The van der Waals surface area contributed by atoms with Crippen LogP contribution in [0.1, 0.15) is 16.7 Å². The second-order valence-electron chi connectivity index (χ2n) is 6.59. The van der Waals surface area contributed by atoms with Crippen LogP contribution in [-0.2, 0) is 11.2 Å². The van der Waals surface area contributed by atoms with E-state index in [2.05, 4.69) is 6.07 Å². The Morgan fingerprint density at radius 2 is 1.74 bits per heavy atom. The number of nitrogens with zero attached hydrogens (tertiary/aromatic N) is 1. The van der Waals surface area contributed by atoms with Gasteiger partial charge in [-0.2, -0.15) is 5.26 Å². The van der Waals surface area contributed by atoms with Gasteiger partial charge in [0, 0.05) is 5.02 Å². The number of allylic oxidation sites excluding steroid dienone is 1. The molecule has 0 N–H and O–H groups in total. The molecule has 0 aliphatic heterocycles. The highest BCUT2D eigenvalue weighted by Gasteiger charge is 2.11. The molecule has 0 atom stereocenters. The van der Waals surface area contributed by atoms with Crippen molar-refractivity contribution in [3.05, 3.63) is 88.4 Å². The molecule has 3 rings (SSSR count). The summed E-state index contributed by atoms with van der Waals surface area (Å²) in [5.74, 6) is 1.12. The molecule has 0 unspecified atom stereocenters. The summed E-state index contributed by atoms with van der Waals surface area (Å²) >= 11 is 5.91. The van der Waals surface area contributed by atoms with E-state index in [0.29, 0.717) is 27.8 Å². The van der Waals surface area contributed by atoms with Gasteiger partial charge in [-0.1, -0.05) is 41.9 Å². The van der Waals surface area contributed by atoms with Gasteiger partial charge in [-0.3, -0.25) is 4.79 Å². The van der Waals surface area contributed by atoms with E-state index < -0.39 is 5.97 Å². The molecule has 6 heteroatoms. The monoisotopic (exact) mass is 433 g/mol. The van der Waals surface area contributed by atoms with Gasteiger partial charge in [-0.15, -0.1) is 0 Å². The van der Waals surface area contributed by atoms with Crippen molar-refractivity contribution in [2.75, 3.05) is 14.2 Å². The molecule has 0 radical (unpaired) electrons. The SMILES string of the molecule is COc1ccc(CC(=O)Oc2cccc(/C=C(/C#N)c3ccc(Cl)cc3)c2)cc1OC. The van der Waals surface area contributed by atoms with Gasteiger partial charge in [-0.05, 0) is 59.2 Å². The van der Waals surface area contributed by atoms with Crippen LogP contribution in [0.5, 0.6) is 17.2 Å². The van der Waals surface area contributed by atoms with E-state index in [4.69, 9.17) is 25.8 Å². The Labute approximate surface area is 186 Å². The highest BCUT2D eigenvalue weighted by molar-refractivity contribution is 6.30. The Morgan fingerprint density at radius 3 is 2.42 bits per heavy atom. The van der Waals surface area contributed by atoms with Crippen LogP contribution in [0.15, 0.2) is 66.7 Å². The number of rotatable bonds is 7. The van der Waals surface area contributed by atoms with E-state index in [1.165, 1.54) is 0 Å². The molecule has 0 spiro atoms. The molecule has 156 valence electrons. The second kappa shape index (κ2) is 10.3. The number of carbonyl (C=O) groups excluding carboxylic acids is 1. The minimum atomic E-state index is -0.411. The molecular weight excluding hydrogens is 414 g/mol. The third kappa shape index (κ3) is 5.88. The maximum absolute atomic E-state index is 12.4. The van der Waals surface area contributed by atoms with Gasteiger partial charge in [0.05, 0.1) is 32.3 Å². The summed E-state index contributed by atoms with van der Waals surface area (Å²) in [5.41, 5.74) is 2.71. The van der Waals surface area contributed by atoms with Crippen LogP contribution < -0.4 is 14.2 Å². The van der Waals surface area contributed by atoms with Gasteiger partial charge < -0.3 is 14.2 Å². The highest BCUT2D eigenvalue weighted by Crippen LogP contribution is 2.28. The summed E-state index contributed by atoms with van der Waals surface area (Å²) in [5, 5.41) is 10.1. The number of hydrogen-bond donors (Lipinski definition) is 0. The minimum absolute atomic E-state index is 0.0780. The number of halogens is 1. The first-order chi connectivity index (χ1) is 15.0. The lowest BCUT2D eigenvalue weighted by Gasteiger charge is -2.10. The first-order valence-corrected chi connectivity index (χ1v) is 9.79. The van der Waals surface area contributed by atoms with Crippen molar-refractivity contribution in [2.45, 2.75) is 6.42 Å². The van der Waals surface area contributed by atoms with Gasteiger partial charge in [0.25, 0.3) is 0 Å². The van der Waals surface area contributed by atoms with Crippen LogP contribution in [0.3, 0.4) is 0 Å². The third-order valence-corrected chi connectivity index (χ3v) is 4.72. The summed E-state index contributed by atoms with van der Waals surface area (Å²) in [6.07, 6.45) is 1.81. The summed E-state index contributed by atoms with van der Waals surface area (Å²) in [6, 6.07) is 21.5. The van der Waals surface area contributed by atoms with E-state index >= 15 is 0 Å². The van der Waals surface area contributed by atoms with Crippen LogP contribution in [0.25, 0.3) is 11.6 Å². The largest absolute Gasteiger partial charge is 0.493 e. The summed E-state index contributed by atoms with van der Waals surface area (Å²) in [7, 11) is 3.09. The van der Waals surface area contributed by atoms with Gasteiger partial charge in [0.1, 0.15) is 5.75 Å². The average Bonchev–Trinajstić information content (AvgIpc) is 2.78. The van der Waals surface area contributed by atoms with Gasteiger partial charge in [0.2, 0.25) is 0 Å². The Kier molecular flexibility index (Phi) is 7.31. The van der Waals surface area contributed by atoms with Crippen LogP contribution in [0, 0.1) is 11.3 Å². The number of ether oxygens (including phenoxy) is 3. The zero-order valence-electron chi connectivity index (χ0n) is 17.1. The van der Waals surface area contributed by atoms with Crippen molar-refractivity contribution < 1.29 is 19.0 Å². The normalized spacial score (nSPS) is 10.8. The number of benzene rings is 3. The van der Waals surface area contributed by atoms with Crippen molar-refractivity contribution in [1.29, 1.82) is 5.26 Å². The van der Waals surface area contributed by atoms with Crippen LogP contribution in [0.4, 0.5) is 0 Å². The third-order valence-electron chi connectivity index (χ3n) is 4.47. The molecule has 5 nitrogen and oxygen atoms in total. The average molecular weight is 434 g/mol. The standard InChI is InChI=1S/C25H20ClNO4/c1-29-23-11-6-18(14-24(23)30-2)15-25(28)31-22-5-3-4-17(13-22)12-20(16-27)19-7-9-21(26)10-8-19/h3-14H,15H2,1-2H3/b20-12-. The lowest BCUT2D eigenvalue weighted by Crippen LogP contribution is -2.11. The van der Waals surface area contributed by atoms with E-state index in [1.54, 1.807) is 81.0 Å². The predicted molar refractivity (Wildman–Crippen MR) is 120 cm³/mol. The zero-order chi connectivity index (χ0) is 22.2. The molecule has 0 heterocycles. The van der Waals surface area contributed by atoms with Crippen molar-refractivity contribution in [1.82, 2.24) is 0 Å². The number of carbonyl (C=O) groups is 1. The molecular formula is C25H20ClNO4. The fourth-order valence-corrected chi connectivity index (χ4v) is 3.09. The molecule has 0 saturated heterocycles. The molecule has 3 aromatic carbocycles. The Balaban J connectivity index is 1.73. The lowest BCUT2D eigenvalue weighted by atomic mass is 10.0. The predicted octanol–water partition coefficient (Wildman–Crippen LogP) is 5.57. The van der Waals surface area contributed by atoms with Crippen molar-refractivity contribution in [3.8, 4) is 23.3 Å². The lowest BCUT2D eigenvalue weighted by molar-refractivity contribution is -0.133. The topological polar surface area (TPSA) is 68.5 Å². The molecule has 0 saturated carbocycles. The van der Waals surface area contributed by atoms with Crippen molar-refractivity contribution in [2.24, 2.45) is 0 Å². The fourth-order valence-electron chi connectivity index (χ4n) is 2.97. The molecule has 0 aliphatic carbocycles. The number of nitriles is 1. The molecule has 0 bridgehead atoms. The smallest absolute Gasteiger partial charge is 0.315 e. The van der Waals surface area contributed by atoms with Crippen molar-refractivity contribution in [3.63, 3.8) is 0 Å². The number of hydrogen-bond acceptors (Lipinski definition) is 5. The van der Waals surface area contributed by atoms with Crippen molar-refractivity contribution >= 4 is 29.2 Å². The first-order valence-electron chi connectivity index (χ1n) is 9.41. The molecule has 3 aromatic rings. The van der Waals surface area contributed by atoms with Crippen LogP contribution in [0.2, 0.25) is 5.02 Å². The van der Waals surface area contributed by atoms with Gasteiger partial charge in [-0.25, -0.2) is 0 Å². The maximum atomic E-state index is 12.4.